The SMILES string of the molecule is C[S+]([O-])Cc1ccc(C(=O)N=O)o1. The van der Waals surface area contributed by atoms with Crippen molar-refractivity contribution in [3.05, 3.63) is 28.6 Å². The number of furan rings is 1. The monoisotopic (exact) mass is 201 g/mol. The molecule has 0 N–H and O–H groups in total. The zero-order chi connectivity index (χ0) is 9.84. The lowest BCUT2D eigenvalue weighted by molar-refractivity contribution is 0.0973. The smallest absolute Gasteiger partial charge is 0.351 e. The topological polar surface area (TPSA) is 82.7 Å². The quantitative estimate of drug-likeness (QED) is 0.540. The molecule has 5 nitrogen and oxygen atoms in total. The number of nitrogens with zero attached hydrogens (tertiary/aromatic N) is 1. The van der Waals surface area contributed by atoms with Crippen LogP contribution in [0.15, 0.2) is 21.7 Å². The van der Waals surface area contributed by atoms with Crippen molar-refractivity contribution in [2.45, 2.75) is 5.75 Å². The van der Waals surface area contributed by atoms with Gasteiger partial charge in [-0.1, -0.05) is 0 Å². The molecule has 1 aromatic rings. The lowest BCUT2D eigenvalue weighted by Gasteiger charge is -2.00. The molecule has 13 heavy (non-hydrogen) atoms. The van der Waals surface area contributed by atoms with E-state index in [0.717, 1.165) is 0 Å². The fourth-order valence-corrected chi connectivity index (χ4v) is 1.37. The fourth-order valence-electron chi connectivity index (χ4n) is 0.816. The Morgan fingerprint density at radius 3 is 2.92 bits per heavy atom. The van der Waals surface area contributed by atoms with Gasteiger partial charge in [-0.25, -0.2) is 0 Å². The Kier molecular flexibility index (Phi) is 3.21. The van der Waals surface area contributed by atoms with E-state index in [-0.39, 0.29) is 11.5 Å². The molecule has 70 valence electrons. The van der Waals surface area contributed by atoms with E-state index in [4.69, 9.17) is 4.42 Å². The molecule has 0 aliphatic carbocycles. The second-order valence-corrected chi connectivity index (χ2v) is 3.81. The summed E-state index contributed by atoms with van der Waals surface area (Å²) in [7, 11) is 0. The molecule has 0 aliphatic heterocycles. The maximum Gasteiger partial charge on any atom is 0.351 e. The lowest BCUT2D eigenvalue weighted by atomic mass is 10.4. The molecule has 6 heteroatoms. The zero-order valence-corrected chi connectivity index (χ0v) is 7.67. The highest BCUT2D eigenvalue weighted by Gasteiger charge is 2.13. The Hall–Kier alpha value is -1.14. The molecule has 0 spiro atoms. The first-order valence-corrected chi connectivity index (χ1v) is 5.12. The summed E-state index contributed by atoms with van der Waals surface area (Å²) in [5.41, 5.74) is 0. The van der Waals surface area contributed by atoms with Crippen LogP contribution < -0.4 is 0 Å². The third-order valence-corrected chi connectivity index (χ3v) is 1.99. The van der Waals surface area contributed by atoms with Crippen LogP contribution >= 0.6 is 0 Å². The van der Waals surface area contributed by atoms with Gasteiger partial charge in [0.05, 0.1) is 6.26 Å². The van der Waals surface area contributed by atoms with Gasteiger partial charge in [-0.3, -0.25) is 4.79 Å². The number of amides is 1. The molecule has 0 aromatic carbocycles. The van der Waals surface area contributed by atoms with Crippen LogP contribution in [0.2, 0.25) is 0 Å². The van der Waals surface area contributed by atoms with Crippen LogP contribution in [-0.2, 0) is 16.9 Å². The molecule has 0 saturated carbocycles. The van der Waals surface area contributed by atoms with E-state index in [1.807, 2.05) is 0 Å². The summed E-state index contributed by atoms with van der Waals surface area (Å²) in [5, 5.41) is 2.19. The summed E-state index contributed by atoms with van der Waals surface area (Å²) in [5.74, 6) is -0.428. The van der Waals surface area contributed by atoms with Gasteiger partial charge >= 0.3 is 5.91 Å². The maximum absolute atomic E-state index is 10.7. The van der Waals surface area contributed by atoms with Gasteiger partial charge in [-0.15, -0.1) is 4.91 Å². The van der Waals surface area contributed by atoms with E-state index in [0.29, 0.717) is 5.76 Å². The van der Waals surface area contributed by atoms with E-state index in [1.165, 1.54) is 18.4 Å². The summed E-state index contributed by atoms with van der Waals surface area (Å²) in [6.45, 7) is 0. The van der Waals surface area contributed by atoms with Crippen LogP contribution in [0.4, 0.5) is 0 Å². The normalized spacial score (nSPS) is 12.5. The second kappa shape index (κ2) is 4.20. The van der Waals surface area contributed by atoms with Gasteiger partial charge in [-0.05, 0) is 23.3 Å². The van der Waals surface area contributed by atoms with Gasteiger partial charge in [0, 0.05) is 5.18 Å². The molecule has 1 rings (SSSR count). The number of hydrogen-bond acceptors (Lipinski definition) is 4. The Morgan fingerprint density at radius 1 is 1.69 bits per heavy atom. The van der Waals surface area contributed by atoms with Gasteiger partial charge in [-0.2, -0.15) is 0 Å². The van der Waals surface area contributed by atoms with E-state index < -0.39 is 17.1 Å². The van der Waals surface area contributed by atoms with Crippen molar-refractivity contribution in [1.82, 2.24) is 0 Å². The Morgan fingerprint density at radius 2 is 2.38 bits per heavy atom. The minimum atomic E-state index is -1.03. The summed E-state index contributed by atoms with van der Waals surface area (Å²) in [6, 6.07) is 2.84. The van der Waals surface area contributed by atoms with Crippen LogP contribution in [-0.4, -0.2) is 16.7 Å². The summed E-state index contributed by atoms with van der Waals surface area (Å²) in [6.07, 6.45) is 1.52. The first-order chi connectivity index (χ1) is 6.13. The lowest BCUT2D eigenvalue weighted by Crippen LogP contribution is -1.99. The van der Waals surface area contributed by atoms with Crippen LogP contribution in [0, 0.1) is 4.91 Å². The van der Waals surface area contributed by atoms with E-state index in [1.54, 1.807) is 0 Å². The first-order valence-electron chi connectivity index (χ1n) is 3.40. The standard InChI is InChI=1S/C7H7NO4S/c1-13(11)4-5-2-3-6(12-5)7(9)8-10/h2-3H,4H2,1H3. The molecule has 0 fully saturated rings. The molecule has 0 radical (unpaired) electrons. The molecule has 0 saturated heterocycles. The third-order valence-electron chi connectivity index (χ3n) is 1.30. The number of hydrogen-bond donors (Lipinski definition) is 0. The molecule has 1 amide bonds. The van der Waals surface area contributed by atoms with Crippen LogP contribution in [0.25, 0.3) is 0 Å². The highest BCUT2D eigenvalue weighted by Crippen LogP contribution is 2.11. The van der Waals surface area contributed by atoms with E-state index >= 15 is 0 Å². The van der Waals surface area contributed by atoms with Crippen molar-refractivity contribution in [3.63, 3.8) is 0 Å². The largest absolute Gasteiger partial charge is 0.616 e. The Bertz CT molecular complexity index is 320. The van der Waals surface area contributed by atoms with Gasteiger partial charge in [0.25, 0.3) is 0 Å². The molecule has 0 bridgehead atoms. The molecule has 0 aliphatic rings. The van der Waals surface area contributed by atoms with Crippen LogP contribution in [0.1, 0.15) is 16.3 Å². The van der Waals surface area contributed by atoms with Crippen molar-refractivity contribution >= 4 is 17.1 Å². The Balaban J connectivity index is 2.74. The summed E-state index contributed by atoms with van der Waals surface area (Å²) >= 11 is -1.03. The average molecular weight is 201 g/mol. The predicted octanol–water partition coefficient (Wildman–Crippen LogP) is 1.06. The number of carbonyl (C=O) groups excluding carboxylic acids is 1. The Labute approximate surface area is 77.3 Å². The first kappa shape index (κ1) is 9.94. The van der Waals surface area contributed by atoms with Gasteiger partial charge in [0.1, 0.15) is 0 Å². The number of carbonyl (C=O) groups is 1. The molecule has 1 heterocycles. The summed E-state index contributed by atoms with van der Waals surface area (Å²) < 4.78 is 15.7. The van der Waals surface area contributed by atoms with Crippen LogP contribution in [0.5, 0.6) is 0 Å². The van der Waals surface area contributed by atoms with Crippen molar-refractivity contribution < 1.29 is 13.8 Å². The number of rotatable bonds is 3. The highest BCUT2D eigenvalue weighted by atomic mass is 32.2. The van der Waals surface area contributed by atoms with Crippen molar-refractivity contribution in [2.24, 2.45) is 5.18 Å². The van der Waals surface area contributed by atoms with Crippen LogP contribution in [0.3, 0.4) is 0 Å². The highest BCUT2D eigenvalue weighted by molar-refractivity contribution is 7.89. The minimum Gasteiger partial charge on any atom is -0.616 e. The number of nitroso groups, excluding NO2 is 1. The van der Waals surface area contributed by atoms with Crippen molar-refractivity contribution in [2.75, 3.05) is 6.26 Å². The van der Waals surface area contributed by atoms with E-state index in [2.05, 4.69) is 5.18 Å². The summed E-state index contributed by atoms with van der Waals surface area (Å²) in [4.78, 5) is 20.5. The molecule has 1 atom stereocenters. The second-order valence-electron chi connectivity index (χ2n) is 2.38. The molecule has 1 aromatic heterocycles. The molecular weight excluding hydrogens is 194 g/mol. The van der Waals surface area contributed by atoms with E-state index in [9.17, 15) is 14.3 Å². The predicted molar refractivity (Wildman–Crippen MR) is 46.6 cm³/mol. The van der Waals surface area contributed by atoms with Gasteiger partial charge < -0.3 is 8.97 Å². The third kappa shape index (κ3) is 2.67. The minimum absolute atomic E-state index is 0.115. The maximum atomic E-state index is 10.7. The zero-order valence-electron chi connectivity index (χ0n) is 6.85. The van der Waals surface area contributed by atoms with Gasteiger partial charge in [0.15, 0.2) is 17.3 Å². The van der Waals surface area contributed by atoms with Gasteiger partial charge in [0.2, 0.25) is 0 Å². The van der Waals surface area contributed by atoms with Crippen molar-refractivity contribution in [1.29, 1.82) is 0 Å². The average Bonchev–Trinajstić information content (AvgIpc) is 2.50. The fraction of sp³-hybridized carbons (Fsp3) is 0.286. The molecular formula is C7H7NO4S. The molecule has 1 unspecified atom stereocenters. The van der Waals surface area contributed by atoms with Crippen molar-refractivity contribution in [3.8, 4) is 0 Å².